The molecule has 1 saturated carbocycles. The van der Waals surface area contributed by atoms with Crippen molar-refractivity contribution in [2.24, 2.45) is 5.92 Å². The number of amides is 2. The lowest BCUT2D eigenvalue weighted by atomic mass is 9.84. The highest BCUT2D eigenvalue weighted by atomic mass is 16.2. The first-order chi connectivity index (χ1) is 8.27. The van der Waals surface area contributed by atoms with Gasteiger partial charge in [-0.25, -0.2) is 4.79 Å². The van der Waals surface area contributed by atoms with Gasteiger partial charge in [-0.1, -0.05) is 19.3 Å². The lowest BCUT2D eigenvalue weighted by Crippen LogP contribution is -2.40. The van der Waals surface area contributed by atoms with Crippen molar-refractivity contribution in [2.75, 3.05) is 26.2 Å². The van der Waals surface area contributed by atoms with Gasteiger partial charge in [0.15, 0.2) is 0 Å². The van der Waals surface area contributed by atoms with Crippen LogP contribution in [-0.4, -0.2) is 43.2 Å². The molecule has 0 aromatic carbocycles. The normalized spacial score (nSPS) is 23.8. The fraction of sp³-hybridized carbons (Fsp3) is 0.923. The summed E-state index contributed by atoms with van der Waals surface area (Å²) in [4.78, 5) is 13.2. The predicted molar refractivity (Wildman–Crippen MR) is 69.0 cm³/mol. The van der Waals surface area contributed by atoms with E-state index in [0.29, 0.717) is 6.04 Å². The van der Waals surface area contributed by atoms with Gasteiger partial charge in [-0.05, 0) is 25.7 Å². The third-order valence-corrected chi connectivity index (χ3v) is 4.15. The molecule has 1 saturated heterocycles. The predicted octanol–water partition coefficient (Wildman–Crippen LogP) is 1.57. The second-order valence-corrected chi connectivity index (χ2v) is 5.36. The lowest BCUT2D eigenvalue weighted by molar-refractivity contribution is 0.214. The molecular weight excluding hydrogens is 214 g/mol. The minimum Gasteiger partial charge on any atom is -0.336 e. The topological polar surface area (TPSA) is 44.4 Å². The molecule has 17 heavy (non-hydrogen) atoms. The molecule has 2 rings (SSSR count). The molecule has 0 spiro atoms. The SMILES string of the molecule is C[C@H](NCCN1CCNC1=O)C1CCCCC1. The average Bonchev–Trinajstić information content (AvgIpc) is 2.76. The van der Waals surface area contributed by atoms with Crippen molar-refractivity contribution in [3.05, 3.63) is 0 Å². The van der Waals surface area contributed by atoms with Crippen molar-refractivity contribution in [3.63, 3.8) is 0 Å². The molecular formula is C13H25N3O. The summed E-state index contributed by atoms with van der Waals surface area (Å²) >= 11 is 0. The average molecular weight is 239 g/mol. The van der Waals surface area contributed by atoms with Crippen molar-refractivity contribution in [1.82, 2.24) is 15.5 Å². The van der Waals surface area contributed by atoms with Gasteiger partial charge in [0.25, 0.3) is 0 Å². The Bertz CT molecular complexity index is 251. The molecule has 0 bridgehead atoms. The molecule has 2 amide bonds. The van der Waals surface area contributed by atoms with Crippen molar-refractivity contribution in [3.8, 4) is 0 Å². The highest BCUT2D eigenvalue weighted by molar-refractivity contribution is 5.76. The maximum Gasteiger partial charge on any atom is 0.317 e. The van der Waals surface area contributed by atoms with E-state index in [1.54, 1.807) is 0 Å². The van der Waals surface area contributed by atoms with Gasteiger partial charge in [0.1, 0.15) is 0 Å². The van der Waals surface area contributed by atoms with Gasteiger partial charge in [-0.15, -0.1) is 0 Å². The van der Waals surface area contributed by atoms with E-state index < -0.39 is 0 Å². The Morgan fingerprint density at radius 1 is 1.41 bits per heavy atom. The maximum atomic E-state index is 11.3. The first-order valence-corrected chi connectivity index (χ1v) is 7.03. The summed E-state index contributed by atoms with van der Waals surface area (Å²) in [6, 6.07) is 0.693. The molecule has 2 fully saturated rings. The van der Waals surface area contributed by atoms with Crippen LogP contribution in [0.4, 0.5) is 4.79 Å². The Labute approximate surface area is 104 Å². The van der Waals surface area contributed by atoms with Crippen LogP contribution in [0.3, 0.4) is 0 Å². The Hall–Kier alpha value is -0.770. The monoisotopic (exact) mass is 239 g/mol. The van der Waals surface area contributed by atoms with Crippen LogP contribution in [0.25, 0.3) is 0 Å². The standard InChI is InChI=1S/C13H25N3O/c1-11(12-5-3-2-4-6-12)14-7-9-16-10-8-15-13(16)17/h11-12,14H,2-10H2,1H3,(H,15,17)/t11-/m0/s1. The van der Waals surface area contributed by atoms with Crippen molar-refractivity contribution in [1.29, 1.82) is 0 Å². The quantitative estimate of drug-likeness (QED) is 0.765. The molecule has 1 aliphatic carbocycles. The molecule has 1 heterocycles. The smallest absolute Gasteiger partial charge is 0.317 e. The van der Waals surface area contributed by atoms with Crippen LogP contribution in [0.2, 0.25) is 0 Å². The zero-order chi connectivity index (χ0) is 12.1. The van der Waals surface area contributed by atoms with Gasteiger partial charge in [0.2, 0.25) is 0 Å². The lowest BCUT2D eigenvalue weighted by Gasteiger charge is -2.29. The van der Waals surface area contributed by atoms with Crippen LogP contribution < -0.4 is 10.6 Å². The number of urea groups is 1. The Kier molecular flexibility index (Phi) is 4.66. The summed E-state index contributed by atoms with van der Waals surface area (Å²) in [6.07, 6.45) is 6.95. The molecule has 0 unspecified atom stereocenters. The van der Waals surface area contributed by atoms with Gasteiger partial charge in [-0.3, -0.25) is 0 Å². The van der Waals surface area contributed by atoms with Crippen LogP contribution in [0.15, 0.2) is 0 Å². The summed E-state index contributed by atoms with van der Waals surface area (Å²) in [5.74, 6) is 0.844. The fourth-order valence-corrected chi connectivity index (χ4v) is 2.95. The Morgan fingerprint density at radius 3 is 2.82 bits per heavy atom. The third-order valence-electron chi connectivity index (χ3n) is 4.15. The van der Waals surface area contributed by atoms with E-state index in [4.69, 9.17) is 0 Å². The van der Waals surface area contributed by atoms with Gasteiger partial charge in [0, 0.05) is 32.2 Å². The van der Waals surface area contributed by atoms with Crippen LogP contribution >= 0.6 is 0 Å². The van der Waals surface area contributed by atoms with Crippen molar-refractivity contribution < 1.29 is 4.79 Å². The van der Waals surface area contributed by atoms with Gasteiger partial charge < -0.3 is 15.5 Å². The first-order valence-electron chi connectivity index (χ1n) is 7.03. The fourth-order valence-electron chi connectivity index (χ4n) is 2.95. The van der Waals surface area contributed by atoms with Crippen LogP contribution in [0.5, 0.6) is 0 Å². The molecule has 0 aromatic rings. The second kappa shape index (κ2) is 6.24. The highest BCUT2D eigenvalue weighted by Crippen LogP contribution is 2.26. The molecule has 2 aliphatic rings. The van der Waals surface area contributed by atoms with Crippen LogP contribution in [0, 0.1) is 5.92 Å². The number of hydrogen-bond acceptors (Lipinski definition) is 2. The van der Waals surface area contributed by atoms with Gasteiger partial charge in [0.05, 0.1) is 0 Å². The molecule has 1 aliphatic heterocycles. The summed E-state index contributed by atoms with van der Waals surface area (Å²) in [6.45, 7) is 5.71. The number of nitrogens with one attached hydrogen (secondary N) is 2. The van der Waals surface area contributed by atoms with Crippen molar-refractivity contribution >= 4 is 6.03 Å². The minimum atomic E-state index is 0.0946. The Balaban J connectivity index is 1.62. The number of carbonyl (C=O) groups excluding carboxylic acids is 1. The van der Waals surface area contributed by atoms with E-state index in [1.807, 2.05) is 4.90 Å². The van der Waals surface area contributed by atoms with Gasteiger partial charge in [-0.2, -0.15) is 0 Å². The zero-order valence-electron chi connectivity index (χ0n) is 10.9. The van der Waals surface area contributed by atoms with Crippen LogP contribution in [-0.2, 0) is 0 Å². The minimum absolute atomic E-state index is 0.0946. The summed E-state index contributed by atoms with van der Waals surface area (Å²) < 4.78 is 0. The van der Waals surface area contributed by atoms with E-state index in [2.05, 4.69) is 17.6 Å². The number of nitrogens with zero attached hydrogens (tertiary/aromatic N) is 1. The molecule has 2 N–H and O–H groups in total. The molecule has 4 nitrogen and oxygen atoms in total. The Morgan fingerprint density at radius 2 is 2.18 bits per heavy atom. The third kappa shape index (κ3) is 3.60. The van der Waals surface area contributed by atoms with E-state index in [-0.39, 0.29) is 6.03 Å². The van der Waals surface area contributed by atoms with E-state index in [1.165, 1.54) is 32.1 Å². The zero-order valence-corrected chi connectivity index (χ0v) is 10.9. The highest BCUT2D eigenvalue weighted by Gasteiger charge is 2.21. The van der Waals surface area contributed by atoms with Gasteiger partial charge >= 0.3 is 6.03 Å². The summed E-state index contributed by atoms with van der Waals surface area (Å²) in [5, 5.41) is 6.41. The van der Waals surface area contributed by atoms with E-state index in [9.17, 15) is 4.79 Å². The molecule has 1 atom stereocenters. The molecule has 4 heteroatoms. The summed E-state index contributed by atoms with van der Waals surface area (Å²) in [7, 11) is 0. The number of carbonyl (C=O) groups is 1. The molecule has 0 radical (unpaired) electrons. The van der Waals surface area contributed by atoms with Crippen molar-refractivity contribution in [2.45, 2.75) is 45.1 Å². The number of rotatable bonds is 5. The second-order valence-electron chi connectivity index (χ2n) is 5.36. The largest absolute Gasteiger partial charge is 0.336 e. The maximum absolute atomic E-state index is 11.3. The summed E-state index contributed by atoms with van der Waals surface area (Å²) in [5.41, 5.74) is 0. The van der Waals surface area contributed by atoms with E-state index >= 15 is 0 Å². The van der Waals surface area contributed by atoms with Crippen LogP contribution in [0.1, 0.15) is 39.0 Å². The van der Waals surface area contributed by atoms with E-state index in [0.717, 1.165) is 32.1 Å². The number of hydrogen-bond donors (Lipinski definition) is 2. The first kappa shape index (κ1) is 12.7. The molecule has 0 aromatic heterocycles. The molecule has 98 valence electrons.